The average molecular weight is 368 g/mol. The maximum atomic E-state index is 13.7. The standard InChI is InChI=1S/C19H13FN2O3S/c1-24-15-8-4-5-11-9-16(25-17(11)15)14-10-26-19(21-14)22-18(23)12-6-2-3-7-13(12)20/h2-10H,1H3,(H,21,22,23). The largest absolute Gasteiger partial charge is 0.493 e. The molecule has 0 unspecified atom stereocenters. The Morgan fingerprint density at radius 1 is 1.23 bits per heavy atom. The number of halogens is 1. The molecule has 2 aromatic carbocycles. The third kappa shape index (κ3) is 2.93. The van der Waals surface area contributed by atoms with Crippen LogP contribution in [0.25, 0.3) is 22.4 Å². The molecule has 2 aromatic heterocycles. The summed E-state index contributed by atoms with van der Waals surface area (Å²) < 4.78 is 24.8. The van der Waals surface area contributed by atoms with E-state index in [0.717, 1.165) is 5.39 Å². The molecule has 0 fully saturated rings. The van der Waals surface area contributed by atoms with Crippen LogP contribution in [0.3, 0.4) is 0 Å². The molecule has 2 heterocycles. The van der Waals surface area contributed by atoms with Gasteiger partial charge in [-0.05, 0) is 24.3 Å². The molecule has 0 atom stereocenters. The summed E-state index contributed by atoms with van der Waals surface area (Å²) in [4.78, 5) is 16.5. The van der Waals surface area contributed by atoms with Gasteiger partial charge in [0.25, 0.3) is 5.91 Å². The van der Waals surface area contributed by atoms with E-state index in [2.05, 4.69) is 10.3 Å². The summed E-state index contributed by atoms with van der Waals surface area (Å²) in [6.07, 6.45) is 0. The van der Waals surface area contributed by atoms with E-state index in [1.807, 2.05) is 24.3 Å². The number of fused-ring (bicyclic) bond motifs is 1. The second kappa shape index (κ2) is 6.61. The van der Waals surface area contributed by atoms with Crippen molar-refractivity contribution in [3.63, 3.8) is 0 Å². The molecule has 0 bridgehead atoms. The monoisotopic (exact) mass is 368 g/mol. The van der Waals surface area contributed by atoms with E-state index in [1.54, 1.807) is 18.6 Å². The second-order valence-corrected chi connectivity index (χ2v) is 6.32. The first-order chi connectivity index (χ1) is 12.7. The minimum absolute atomic E-state index is 0.0299. The number of nitrogens with one attached hydrogen (secondary N) is 1. The van der Waals surface area contributed by atoms with Crippen LogP contribution in [0.5, 0.6) is 5.75 Å². The number of hydrogen-bond acceptors (Lipinski definition) is 5. The number of thiazole rings is 1. The molecule has 130 valence electrons. The van der Waals surface area contributed by atoms with Crippen molar-refractivity contribution in [3.05, 3.63) is 65.3 Å². The van der Waals surface area contributed by atoms with Gasteiger partial charge in [0, 0.05) is 10.8 Å². The number of nitrogens with zero attached hydrogens (tertiary/aromatic N) is 1. The van der Waals surface area contributed by atoms with Crippen LogP contribution < -0.4 is 10.1 Å². The Balaban J connectivity index is 1.60. The lowest BCUT2D eigenvalue weighted by Crippen LogP contribution is -2.13. The van der Waals surface area contributed by atoms with Crippen molar-refractivity contribution in [1.82, 2.24) is 4.98 Å². The van der Waals surface area contributed by atoms with Gasteiger partial charge in [-0.25, -0.2) is 9.37 Å². The first kappa shape index (κ1) is 16.3. The van der Waals surface area contributed by atoms with Gasteiger partial charge in [0.05, 0.1) is 12.7 Å². The number of furan rings is 1. The average Bonchev–Trinajstić information content (AvgIpc) is 3.28. The minimum Gasteiger partial charge on any atom is -0.493 e. The molecule has 7 heteroatoms. The highest BCUT2D eigenvalue weighted by Gasteiger charge is 2.16. The molecular formula is C19H13FN2O3S. The van der Waals surface area contributed by atoms with Crippen molar-refractivity contribution in [2.24, 2.45) is 0 Å². The molecule has 5 nitrogen and oxygen atoms in total. The molecule has 0 aliphatic heterocycles. The topological polar surface area (TPSA) is 64.4 Å². The maximum absolute atomic E-state index is 13.7. The molecule has 26 heavy (non-hydrogen) atoms. The van der Waals surface area contributed by atoms with E-state index in [0.29, 0.717) is 27.9 Å². The molecular weight excluding hydrogens is 355 g/mol. The molecule has 0 aliphatic rings. The number of carbonyl (C=O) groups is 1. The van der Waals surface area contributed by atoms with Crippen LogP contribution in [0.1, 0.15) is 10.4 Å². The van der Waals surface area contributed by atoms with Crippen LogP contribution in [-0.2, 0) is 0 Å². The van der Waals surface area contributed by atoms with Crippen molar-refractivity contribution in [2.75, 3.05) is 12.4 Å². The molecule has 0 saturated carbocycles. The Morgan fingerprint density at radius 2 is 2.08 bits per heavy atom. The number of amides is 1. The number of hydrogen-bond donors (Lipinski definition) is 1. The number of ether oxygens (including phenoxy) is 1. The quantitative estimate of drug-likeness (QED) is 0.553. The maximum Gasteiger partial charge on any atom is 0.260 e. The zero-order chi connectivity index (χ0) is 18.1. The third-order valence-electron chi connectivity index (χ3n) is 3.82. The molecule has 0 radical (unpaired) electrons. The number of anilines is 1. The van der Waals surface area contributed by atoms with E-state index in [4.69, 9.17) is 9.15 Å². The predicted molar refractivity (Wildman–Crippen MR) is 98.2 cm³/mol. The first-order valence-electron chi connectivity index (χ1n) is 7.74. The van der Waals surface area contributed by atoms with Crippen LogP contribution in [0.4, 0.5) is 9.52 Å². The molecule has 0 saturated heterocycles. The van der Waals surface area contributed by atoms with Crippen LogP contribution in [0, 0.1) is 5.82 Å². The number of methoxy groups -OCH3 is 1. The zero-order valence-corrected chi connectivity index (χ0v) is 14.5. The number of para-hydroxylation sites is 1. The Morgan fingerprint density at radius 3 is 2.88 bits per heavy atom. The number of benzene rings is 2. The molecule has 0 spiro atoms. The Kier molecular flexibility index (Phi) is 4.14. The summed E-state index contributed by atoms with van der Waals surface area (Å²) in [5.41, 5.74) is 1.18. The number of aromatic nitrogens is 1. The third-order valence-corrected chi connectivity index (χ3v) is 4.58. The fourth-order valence-electron chi connectivity index (χ4n) is 2.58. The van der Waals surface area contributed by atoms with Gasteiger partial charge in [-0.2, -0.15) is 0 Å². The zero-order valence-electron chi connectivity index (χ0n) is 13.7. The highest BCUT2D eigenvalue weighted by Crippen LogP contribution is 2.34. The summed E-state index contributed by atoms with van der Waals surface area (Å²) in [6, 6.07) is 13.3. The van der Waals surface area contributed by atoms with Gasteiger partial charge in [-0.1, -0.05) is 24.3 Å². The van der Waals surface area contributed by atoms with E-state index in [9.17, 15) is 9.18 Å². The van der Waals surface area contributed by atoms with Gasteiger partial charge in [-0.3, -0.25) is 10.1 Å². The SMILES string of the molecule is COc1cccc2cc(-c3csc(NC(=O)c4ccccc4F)n3)oc12. The van der Waals surface area contributed by atoms with E-state index in [-0.39, 0.29) is 5.56 Å². The van der Waals surface area contributed by atoms with Crippen LogP contribution in [-0.4, -0.2) is 18.0 Å². The van der Waals surface area contributed by atoms with Gasteiger partial charge in [0.15, 0.2) is 22.2 Å². The van der Waals surface area contributed by atoms with Crippen molar-refractivity contribution in [2.45, 2.75) is 0 Å². The smallest absolute Gasteiger partial charge is 0.260 e. The Labute approximate surface area is 152 Å². The number of rotatable bonds is 4. The van der Waals surface area contributed by atoms with Crippen LogP contribution >= 0.6 is 11.3 Å². The normalized spacial score (nSPS) is 10.8. The fraction of sp³-hybridized carbons (Fsp3) is 0.0526. The van der Waals surface area contributed by atoms with Gasteiger partial charge < -0.3 is 9.15 Å². The molecule has 1 amide bonds. The van der Waals surface area contributed by atoms with Crippen molar-refractivity contribution in [1.29, 1.82) is 0 Å². The first-order valence-corrected chi connectivity index (χ1v) is 8.62. The molecule has 4 rings (SSSR count). The van der Waals surface area contributed by atoms with E-state index >= 15 is 0 Å². The van der Waals surface area contributed by atoms with Gasteiger partial charge in [-0.15, -0.1) is 11.3 Å². The van der Waals surface area contributed by atoms with Gasteiger partial charge in [0.2, 0.25) is 0 Å². The summed E-state index contributed by atoms with van der Waals surface area (Å²) in [5.74, 6) is 0.0747. The fourth-order valence-corrected chi connectivity index (χ4v) is 3.27. The summed E-state index contributed by atoms with van der Waals surface area (Å²) in [7, 11) is 1.58. The second-order valence-electron chi connectivity index (χ2n) is 5.46. The molecule has 0 aliphatic carbocycles. The van der Waals surface area contributed by atoms with Crippen LogP contribution in [0.15, 0.2) is 58.3 Å². The summed E-state index contributed by atoms with van der Waals surface area (Å²) in [6.45, 7) is 0. The lowest BCUT2D eigenvalue weighted by Gasteiger charge is -2.02. The summed E-state index contributed by atoms with van der Waals surface area (Å²) in [5, 5.41) is 5.63. The van der Waals surface area contributed by atoms with Crippen LogP contribution in [0.2, 0.25) is 0 Å². The molecule has 1 N–H and O–H groups in total. The minimum atomic E-state index is -0.578. The van der Waals surface area contributed by atoms with Gasteiger partial charge >= 0.3 is 0 Å². The highest BCUT2D eigenvalue weighted by atomic mass is 32.1. The Hall–Kier alpha value is -3.19. The Bertz CT molecular complexity index is 1100. The van der Waals surface area contributed by atoms with Crippen molar-refractivity contribution < 1.29 is 18.3 Å². The lowest BCUT2D eigenvalue weighted by atomic mass is 10.2. The summed E-state index contributed by atoms with van der Waals surface area (Å²) >= 11 is 1.24. The van der Waals surface area contributed by atoms with E-state index < -0.39 is 11.7 Å². The molecule has 4 aromatic rings. The van der Waals surface area contributed by atoms with E-state index in [1.165, 1.54) is 29.5 Å². The van der Waals surface area contributed by atoms with Gasteiger partial charge in [0.1, 0.15) is 11.5 Å². The lowest BCUT2D eigenvalue weighted by molar-refractivity contribution is 0.102. The highest BCUT2D eigenvalue weighted by molar-refractivity contribution is 7.14. The predicted octanol–water partition coefficient (Wildman–Crippen LogP) is 4.96. The number of carbonyl (C=O) groups excluding carboxylic acids is 1. The van der Waals surface area contributed by atoms with Crippen molar-refractivity contribution >= 4 is 33.3 Å². The van der Waals surface area contributed by atoms with Crippen molar-refractivity contribution in [3.8, 4) is 17.2 Å².